The highest BCUT2D eigenvalue weighted by atomic mass is 31.1. The molecule has 0 rings (SSSR count). The monoisotopic (exact) mass is 249 g/mol. The van der Waals surface area contributed by atoms with Crippen molar-refractivity contribution in [3.63, 3.8) is 0 Å². The number of hydrogen-bond donors (Lipinski definition) is 1. The minimum absolute atomic E-state index is 0.150. The fraction of sp³-hybridized carbons (Fsp3) is 0.917. The number of amides is 1. The van der Waals surface area contributed by atoms with Crippen LogP contribution in [0.25, 0.3) is 0 Å². The largest absolute Gasteiger partial charge is 0.444 e. The summed E-state index contributed by atoms with van der Waals surface area (Å²) < 4.78 is 5.10. The molecule has 16 heavy (non-hydrogen) atoms. The fourth-order valence-electron chi connectivity index (χ4n) is 0.900. The summed E-state index contributed by atoms with van der Waals surface area (Å²) >= 11 is 0. The summed E-state index contributed by atoms with van der Waals surface area (Å²) in [7, 11) is 0.150. The lowest BCUT2D eigenvalue weighted by Gasteiger charge is -2.19. The third-order valence-electron chi connectivity index (χ3n) is 1.45. The lowest BCUT2D eigenvalue weighted by atomic mass is 10.2. The molecule has 0 atom stereocenters. The number of ether oxygens (including phenoxy) is 1. The van der Waals surface area contributed by atoms with Crippen LogP contribution in [0.3, 0.4) is 0 Å². The van der Waals surface area contributed by atoms with Crippen LogP contribution in [0.15, 0.2) is 0 Å². The first kappa shape index (κ1) is 18.1. The minimum atomic E-state index is -0.397. The van der Waals surface area contributed by atoms with Crippen LogP contribution in [0, 0.1) is 0 Å². The van der Waals surface area contributed by atoms with Crippen molar-refractivity contribution in [2.24, 2.45) is 0 Å². The molecule has 0 aliphatic carbocycles. The average molecular weight is 249 g/mol. The molecular formula is C12H28NO2P. The molecule has 4 heteroatoms. The summed E-state index contributed by atoms with van der Waals surface area (Å²) in [6, 6.07) is 0. The Bertz CT molecular complexity index is 176. The van der Waals surface area contributed by atoms with E-state index >= 15 is 0 Å². The molecule has 1 N–H and O–H groups in total. The second-order valence-corrected chi connectivity index (χ2v) is 7.19. The van der Waals surface area contributed by atoms with E-state index in [1.54, 1.807) is 0 Å². The van der Waals surface area contributed by atoms with E-state index in [0.717, 1.165) is 13.0 Å². The van der Waals surface area contributed by atoms with Crippen molar-refractivity contribution in [3.8, 4) is 0 Å². The first-order valence-corrected chi connectivity index (χ1v) is 8.35. The Morgan fingerprint density at radius 3 is 2.12 bits per heavy atom. The molecule has 0 radical (unpaired) electrons. The molecule has 0 aliphatic rings. The van der Waals surface area contributed by atoms with Gasteiger partial charge < -0.3 is 10.1 Å². The molecular weight excluding hydrogens is 221 g/mol. The predicted molar refractivity (Wildman–Crippen MR) is 73.8 cm³/mol. The first-order chi connectivity index (χ1) is 7.31. The number of rotatable bonds is 4. The van der Waals surface area contributed by atoms with Crippen molar-refractivity contribution in [2.75, 3.05) is 26.0 Å². The Morgan fingerprint density at radius 2 is 1.75 bits per heavy atom. The van der Waals surface area contributed by atoms with E-state index in [1.807, 2.05) is 34.6 Å². The maximum absolute atomic E-state index is 11.2. The maximum atomic E-state index is 11.2. The standard InChI is InChI=1S/C10H22NO2P.C2H6/c1-10(2,3)13-9(12)11-7-6-8-14(4)5;1-2/h6-8H2,1-5H3,(H,11,12);1-2H3. The van der Waals surface area contributed by atoms with Crippen molar-refractivity contribution in [1.82, 2.24) is 5.32 Å². The zero-order chi connectivity index (χ0) is 13.2. The van der Waals surface area contributed by atoms with Gasteiger partial charge in [-0.2, -0.15) is 0 Å². The Balaban J connectivity index is 0. The van der Waals surface area contributed by atoms with Crippen LogP contribution in [0.2, 0.25) is 0 Å². The molecule has 0 spiro atoms. The van der Waals surface area contributed by atoms with Gasteiger partial charge in [0, 0.05) is 6.54 Å². The Kier molecular flexibility index (Phi) is 11.2. The topological polar surface area (TPSA) is 38.3 Å². The molecule has 0 aromatic carbocycles. The van der Waals surface area contributed by atoms with Gasteiger partial charge in [0.15, 0.2) is 0 Å². The third-order valence-corrected chi connectivity index (χ3v) is 2.66. The molecule has 0 fully saturated rings. The van der Waals surface area contributed by atoms with Crippen molar-refractivity contribution in [2.45, 2.75) is 46.6 Å². The summed E-state index contributed by atoms with van der Waals surface area (Å²) in [6.45, 7) is 14.8. The number of nitrogens with one attached hydrogen (secondary N) is 1. The molecule has 3 nitrogen and oxygen atoms in total. The molecule has 0 bridgehead atoms. The molecule has 0 aliphatic heterocycles. The second kappa shape index (κ2) is 9.89. The van der Waals surface area contributed by atoms with Gasteiger partial charge in [0.25, 0.3) is 0 Å². The highest BCUT2D eigenvalue weighted by Crippen LogP contribution is 2.24. The second-order valence-electron chi connectivity index (χ2n) is 4.59. The van der Waals surface area contributed by atoms with E-state index in [9.17, 15) is 4.79 Å². The molecule has 0 heterocycles. The maximum Gasteiger partial charge on any atom is 0.407 e. The number of alkyl carbamates (subject to hydrolysis) is 1. The molecule has 98 valence electrons. The van der Waals surface area contributed by atoms with Gasteiger partial charge in [-0.15, -0.1) is 7.92 Å². The Hall–Kier alpha value is -0.300. The SMILES string of the molecule is CC.CP(C)CCCNC(=O)OC(C)(C)C. The van der Waals surface area contributed by atoms with Crippen LogP contribution in [0.1, 0.15) is 41.0 Å². The number of carbonyl (C=O) groups excluding carboxylic acids is 1. The van der Waals surface area contributed by atoms with Crippen LogP contribution in [0.4, 0.5) is 4.79 Å². The lowest BCUT2D eigenvalue weighted by Crippen LogP contribution is -2.33. The van der Waals surface area contributed by atoms with Gasteiger partial charge in [-0.05, 0) is 46.7 Å². The van der Waals surface area contributed by atoms with Gasteiger partial charge in [0.2, 0.25) is 0 Å². The van der Waals surface area contributed by atoms with Crippen molar-refractivity contribution in [3.05, 3.63) is 0 Å². The Labute approximate surface area is 102 Å². The van der Waals surface area contributed by atoms with Crippen LogP contribution in [-0.2, 0) is 4.74 Å². The summed E-state index contributed by atoms with van der Waals surface area (Å²) in [6.07, 6.45) is 1.93. The molecule has 1 amide bonds. The summed E-state index contributed by atoms with van der Waals surface area (Å²) in [4.78, 5) is 11.2. The number of hydrogen-bond acceptors (Lipinski definition) is 2. The van der Waals surface area contributed by atoms with E-state index in [-0.39, 0.29) is 14.0 Å². The molecule has 0 aromatic rings. The van der Waals surface area contributed by atoms with Crippen molar-refractivity contribution >= 4 is 14.0 Å². The van der Waals surface area contributed by atoms with Gasteiger partial charge >= 0.3 is 6.09 Å². The predicted octanol–water partition coefficient (Wildman–Crippen LogP) is 3.67. The van der Waals surface area contributed by atoms with Crippen LogP contribution in [-0.4, -0.2) is 37.7 Å². The van der Waals surface area contributed by atoms with Gasteiger partial charge in [-0.25, -0.2) is 4.79 Å². The smallest absolute Gasteiger partial charge is 0.407 e. The molecule has 0 saturated carbocycles. The van der Waals surface area contributed by atoms with Crippen LogP contribution >= 0.6 is 7.92 Å². The molecule has 0 unspecified atom stereocenters. The van der Waals surface area contributed by atoms with Crippen molar-refractivity contribution in [1.29, 1.82) is 0 Å². The average Bonchev–Trinajstić information content (AvgIpc) is 2.13. The highest BCUT2D eigenvalue weighted by molar-refractivity contribution is 7.55. The quantitative estimate of drug-likeness (QED) is 0.610. The van der Waals surface area contributed by atoms with E-state index in [2.05, 4.69) is 18.6 Å². The van der Waals surface area contributed by atoms with Gasteiger partial charge in [-0.1, -0.05) is 13.8 Å². The highest BCUT2D eigenvalue weighted by Gasteiger charge is 2.15. The van der Waals surface area contributed by atoms with Crippen LogP contribution in [0.5, 0.6) is 0 Å². The number of carbonyl (C=O) groups is 1. The van der Waals surface area contributed by atoms with E-state index in [4.69, 9.17) is 4.74 Å². The summed E-state index contributed by atoms with van der Waals surface area (Å²) in [5, 5.41) is 2.74. The van der Waals surface area contributed by atoms with E-state index < -0.39 is 5.60 Å². The zero-order valence-corrected chi connectivity index (χ0v) is 12.8. The zero-order valence-electron chi connectivity index (χ0n) is 11.9. The van der Waals surface area contributed by atoms with E-state index in [0.29, 0.717) is 0 Å². The normalized spacial score (nSPS) is 10.5. The summed E-state index contributed by atoms with van der Waals surface area (Å²) in [5.74, 6) is 0. The molecule has 0 saturated heterocycles. The van der Waals surface area contributed by atoms with Crippen LogP contribution < -0.4 is 5.32 Å². The summed E-state index contributed by atoms with van der Waals surface area (Å²) in [5.41, 5.74) is -0.397. The third kappa shape index (κ3) is 16.1. The van der Waals surface area contributed by atoms with Crippen molar-refractivity contribution < 1.29 is 9.53 Å². The van der Waals surface area contributed by atoms with Gasteiger partial charge in [-0.3, -0.25) is 0 Å². The first-order valence-electron chi connectivity index (χ1n) is 5.93. The lowest BCUT2D eigenvalue weighted by molar-refractivity contribution is 0.0528. The Morgan fingerprint density at radius 1 is 1.25 bits per heavy atom. The fourth-order valence-corrected chi connectivity index (χ4v) is 1.69. The van der Waals surface area contributed by atoms with E-state index in [1.165, 1.54) is 6.16 Å². The minimum Gasteiger partial charge on any atom is -0.444 e. The van der Waals surface area contributed by atoms with Gasteiger partial charge in [0.1, 0.15) is 5.60 Å². The molecule has 0 aromatic heterocycles. The van der Waals surface area contributed by atoms with Gasteiger partial charge in [0.05, 0.1) is 0 Å².